The molecule has 1 fully saturated rings. The predicted octanol–water partition coefficient (Wildman–Crippen LogP) is 2.26. The van der Waals surface area contributed by atoms with Crippen molar-refractivity contribution in [2.45, 2.75) is 44.1 Å². The van der Waals surface area contributed by atoms with Crippen LogP contribution in [0.1, 0.15) is 35.8 Å². The second kappa shape index (κ2) is 6.48. The fourth-order valence-corrected chi connectivity index (χ4v) is 3.87. The highest BCUT2D eigenvalue weighted by atomic mass is 19.1. The van der Waals surface area contributed by atoms with Crippen molar-refractivity contribution in [2.24, 2.45) is 12.8 Å². The molecule has 1 aromatic carbocycles. The van der Waals surface area contributed by atoms with Crippen molar-refractivity contribution in [1.29, 1.82) is 0 Å². The molecule has 0 amide bonds. The van der Waals surface area contributed by atoms with E-state index in [9.17, 15) is 8.78 Å². The maximum Gasteiger partial charge on any atom is 0.129 e. The van der Waals surface area contributed by atoms with Gasteiger partial charge in [-0.25, -0.2) is 8.78 Å². The molecule has 0 spiro atoms. The van der Waals surface area contributed by atoms with Crippen molar-refractivity contribution in [1.82, 2.24) is 14.7 Å². The maximum absolute atomic E-state index is 14.1. The van der Waals surface area contributed by atoms with Gasteiger partial charge in [-0.2, -0.15) is 5.10 Å². The number of nitrogens with two attached hydrogens (primary N) is 1. The summed E-state index contributed by atoms with van der Waals surface area (Å²) in [5.74, 6) is -0.951. The third-order valence-corrected chi connectivity index (χ3v) is 5.19. The van der Waals surface area contributed by atoms with Crippen LogP contribution in [0.15, 0.2) is 24.4 Å². The standard InChI is InChI=1S/C18H22F2N4O/c1-23-7-11-8-24(9-17(11)22-23)13-3-5-16(21)18(25-10-13)14-6-12(19)2-4-15(14)20/h2,4,6-7,13,16,18H,3,5,8-10,21H2,1H3. The van der Waals surface area contributed by atoms with Crippen LogP contribution in [0, 0.1) is 11.6 Å². The van der Waals surface area contributed by atoms with Crippen molar-refractivity contribution < 1.29 is 13.5 Å². The lowest BCUT2D eigenvalue weighted by Gasteiger charge is -2.26. The summed E-state index contributed by atoms with van der Waals surface area (Å²) < 4.78 is 35.4. The summed E-state index contributed by atoms with van der Waals surface area (Å²) >= 11 is 0. The molecule has 1 saturated heterocycles. The van der Waals surface area contributed by atoms with Gasteiger partial charge in [-0.1, -0.05) is 0 Å². The number of halogens is 2. The van der Waals surface area contributed by atoms with Crippen LogP contribution in [-0.4, -0.2) is 33.4 Å². The fourth-order valence-electron chi connectivity index (χ4n) is 3.87. The summed E-state index contributed by atoms with van der Waals surface area (Å²) in [7, 11) is 1.93. The van der Waals surface area contributed by atoms with E-state index in [1.165, 1.54) is 11.6 Å². The van der Waals surface area contributed by atoms with Crippen LogP contribution in [-0.2, 0) is 24.9 Å². The number of benzene rings is 1. The lowest BCUT2D eigenvalue weighted by atomic mass is 9.98. The Morgan fingerprint density at radius 1 is 1.24 bits per heavy atom. The summed E-state index contributed by atoms with van der Waals surface area (Å²) in [6.45, 7) is 2.08. The average molecular weight is 348 g/mol. The Morgan fingerprint density at radius 3 is 2.88 bits per heavy atom. The van der Waals surface area contributed by atoms with Gasteiger partial charge < -0.3 is 10.5 Å². The molecule has 5 nitrogen and oxygen atoms in total. The van der Waals surface area contributed by atoms with E-state index in [0.29, 0.717) is 13.0 Å². The van der Waals surface area contributed by atoms with E-state index in [2.05, 4.69) is 10.00 Å². The number of hydrogen-bond acceptors (Lipinski definition) is 4. The molecule has 2 aromatic rings. The van der Waals surface area contributed by atoms with E-state index < -0.39 is 17.7 Å². The molecule has 3 heterocycles. The van der Waals surface area contributed by atoms with Gasteiger partial charge in [0.15, 0.2) is 0 Å². The summed E-state index contributed by atoms with van der Waals surface area (Å²) in [6.07, 6.45) is 2.99. The molecule has 0 saturated carbocycles. The third-order valence-electron chi connectivity index (χ3n) is 5.19. The van der Waals surface area contributed by atoms with Gasteiger partial charge in [0.1, 0.15) is 17.7 Å². The zero-order valence-corrected chi connectivity index (χ0v) is 14.2. The molecule has 4 rings (SSSR count). The smallest absolute Gasteiger partial charge is 0.129 e. The Kier molecular flexibility index (Phi) is 4.31. The van der Waals surface area contributed by atoms with Gasteiger partial charge in [0.05, 0.1) is 12.3 Å². The van der Waals surface area contributed by atoms with Crippen LogP contribution in [0.25, 0.3) is 0 Å². The summed E-state index contributed by atoms with van der Waals surface area (Å²) in [5, 5.41) is 4.48. The molecule has 2 aliphatic rings. The predicted molar refractivity (Wildman–Crippen MR) is 88.5 cm³/mol. The highest BCUT2D eigenvalue weighted by Crippen LogP contribution is 2.32. The van der Waals surface area contributed by atoms with Crippen LogP contribution in [0.3, 0.4) is 0 Å². The minimum atomic E-state index is -0.620. The van der Waals surface area contributed by atoms with Gasteiger partial charge in [-0.05, 0) is 31.0 Å². The second-order valence-corrected chi connectivity index (χ2v) is 6.99. The second-order valence-electron chi connectivity index (χ2n) is 6.99. The molecule has 0 radical (unpaired) electrons. The van der Waals surface area contributed by atoms with Crippen LogP contribution < -0.4 is 5.73 Å². The van der Waals surface area contributed by atoms with E-state index in [-0.39, 0.29) is 17.6 Å². The minimum absolute atomic E-state index is 0.201. The maximum atomic E-state index is 14.1. The van der Waals surface area contributed by atoms with Gasteiger partial charge in [-0.15, -0.1) is 0 Å². The first kappa shape index (κ1) is 16.6. The highest BCUT2D eigenvalue weighted by molar-refractivity contribution is 5.24. The zero-order chi connectivity index (χ0) is 17.6. The molecule has 25 heavy (non-hydrogen) atoms. The first-order chi connectivity index (χ1) is 12.0. The van der Waals surface area contributed by atoms with Gasteiger partial charge in [0.2, 0.25) is 0 Å². The lowest BCUT2D eigenvalue weighted by molar-refractivity contribution is 0.00991. The van der Waals surface area contributed by atoms with Gasteiger partial charge >= 0.3 is 0 Å². The quantitative estimate of drug-likeness (QED) is 0.905. The topological polar surface area (TPSA) is 56.3 Å². The number of hydrogen-bond donors (Lipinski definition) is 1. The highest BCUT2D eigenvalue weighted by Gasteiger charge is 2.34. The Labute approximate surface area is 145 Å². The fraction of sp³-hybridized carbons (Fsp3) is 0.500. The third kappa shape index (κ3) is 3.19. The van der Waals surface area contributed by atoms with Gasteiger partial charge in [-0.3, -0.25) is 9.58 Å². The van der Waals surface area contributed by atoms with Gasteiger partial charge in [0, 0.05) is 49.5 Å². The van der Waals surface area contributed by atoms with Crippen molar-refractivity contribution in [2.75, 3.05) is 6.61 Å². The molecule has 3 atom stereocenters. The molecule has 1 aromatic heterocycles. The zero-order valence-electron chi connectivity index (χ0n) is 14.2. The molecule has 0 bridgehead atoms. The first-order valence-electron chi connectivity index (χ1n) is 8.59. The Bertz CT molecular complexity index is 755. The first-order valence-corrected chi connectivity index (χ1v) is 8.59. The number of nitrogens with zero attached hydrogens (tertiary/aromatic N) is 3. The summed E-state index contributed by atoms with van der Waals surface area (Å²) in [5.41, 5.74) is 8.78. The molecule has 2 N–H and O–H groups in total. The molecule has 7 heteroatoms. The number of fused-ring (bicyclic) bond motifs is 1. The molecular formula is C18H22F2N4O. The Hall–Kier alpha value is -1.83. The van der Waals surface area contributed by atoms with Crippen LogP contribution >= 0.6 is 0 Å². The number of aromatic nitrogens is 2. The molecule has 134 valence electrons. The van der Waals surface area contributed by atoms with Crippen molar-refractivity contribution >= 4 is 0 Å². The Morgan fingerprint density at radius 2 is 2.08 bits per heavy atom. The van der Waals surface area contributed by atoms with Crippen molar-refractivity contribution in [3.05, 3.63) is 52.9 Å². The van der Waals surface area contributed by atoms with E-state index >= 15 is 0 Å². The molecule has 0 aliphatic carbocycles. The van der Waals surface area contributed by atoms with Crippen LogP contribution in [0.4, 0.5) is 8.78 Å². The SMILES string of the molecule is Cn1cc2c(n1)CN(C1CCC(N)C(c3cc(F)ccc3F)OC1)C2. The molecule has 3 unspecified atom stereocenters. The van der Waals surface area contributed by atoms with E-state index in [1.54, 1.807) is 0 Å². The van der Waals surface area contributed by atoms with E-state index in [0.717, 1.165) is 37.3 Å². The molecular weight excluding hydrogens is 326 g/mol. The number of ether oxygens (including phenoxy) is 1. The Balaban J connectivity index is 1.48. The lowest BCUT2D eigenvalue weighted by Crippen LogP contribution is -2.34. The number of aryl methyl sites for hydroxylation is 1. The summed E-state index contributed by atoms with van der Waals surface area (Å²) in [4.78, 5) is 2.33. The van der Waals surface area contributed by atoms with Crippen molar-refractivity contribution in [3.63, 3.8) is 0 Å². The minimum Gasteiger partial charge on any atom is -0.370 e. The molecule has 2 aliphatic heterocycles. The monoisotopic (exact) mass is 348 g/mol. The summed E-state index contributed by atoms with van der Waals surface area (Å²) in [6, 6.07) is 3.28. The van der Waals surface area contributed by atoms with Crippen LogP contribution in [0.5, 0.6) is 0 Å². The van der Waals surface area contributed by atoms with Crippen molar-refractivity contribution in [3.8, 4) is 0 Å². The van der Waals surface area contributed by atoms with Crippen LogP contribution in [0.2, 0.25) is 0 Å². The van der Waals surface area contributed by atoms with Gasteiger partial charge in [0.25, 0.3) is 0 Å². The average Bonchev–Trinajstić information content (AvgIpc) is 3.03. The van der Waals surface area contributed by atoms with E-state index in [4.69, 9.17) is 10.5 Å². The normalized spacial score (nSPS) is 27.3. The largest absolute Gasteiger partial charge is 0.370 e. The van der Waals surface area contributed by atoms with E-state index in [1.807, 2.05) is 17.9 Å². The number of rotatable bonds is 2.